The highest BCUT2D eigenvalue weighted by atomic mass is 127. The lowest BCUT2D eigenvalue weighted by Gasteiger charge is -2.22. The van der Waals surface area contributed by atoms with Gasteiger partial charge < -0.3 is 5.73 Å². The molecular formula is C12H26IN. The van der Waals surface area contributed by atoms with Gasteiger partial charge in [0.05, 0.1) is 0 Å². The molecule has 86 valence electrons. The van der Waals surface area contributed by atoms with Gasteiger partial charge in [0.1, 0.15) is 0 Å². The van der Waals surface area contributed by atoms with Crippen LogP contribution in [0.2, 0.25) is 0 Å². The summed E-state index contributed by atoms with van der Waals surface area (Å²) in [6.45, 7) is 7.75. The van der Waals surface area contributed by atoms with E-state index in [-0.39, 0.29) is 0 Å². The van der Waals surface area contributed by atoms with Crippen molar-refractivity contribution in [3.8, 4) is 0 Å². The molecule has 2 unspecified atom stereocenters. The number of rotatable bonds is 8. The smallest absolute Gasteiger partial charge is 0.0194 e. The predicted molar refractivity (Wildman–Crippen MR) is 74.0 cm³/mol. The molecule has 0 rings (SSSR count). The Kier molecular flexibility index (Phi) is 8.30. The van der Waals surface area contributed by atoms with E-state index in [1.807, 2.05) is 0 Å². The van der Waals surface area contributed by atoms with Crippen LogP contribution in [0.15, 0.2) is 0 Å². The van der Waals surface area contributed by atoms with Crippen LogP contribution in [0.1, 0.15) is 59.3 Å². The van der Waals surface area contributed by atoms with Gasteiger partial charge >= 0.3 is 0 Å². The lowest BCUT2D eigenvalue weighted by Crippen LogP contribution is -2.17. The number of halogens is 1. The topological polar surface area (TPSA) is 26.0 Å². The van der Waals surface area contributed by atoms with Crippen molar-refractivity contribution in [3.63, 3.8) is 0 Å². The van der Waals surface area contributed by atoms with Crippen molar-refractivity contribution in [2.24, 2.45) is 11.7 Å². The van der Waals surface area contributed by atoms with Crippen LogP contribution >= 0.6 is 22.6 Å². The monoisotopic (exact) mass is 311 g/mol. The Balaban J connectivity index is 3.60. The van der Waals surface area contributed by atoms with E-state index < -0.39 is 0 Å². The lowest BCUT2D eigenvalue weighted by atomic mass is 9.94. The first-order chi connectivity index (χ1) is 6.55. The van der Waals surface area contributed by atoms with Gasteiger partial charge in [0, 0.05) is 3.42 Å². The van der Waals surface area contributed by atoms with E-state index in [0.29, 0.717) is 3.42 Å². The molecular weight excluding hydrogens is 285 g/mol. The van der Waals surface area contributed by atoms with Gasteiger partial charge in [-0.2, -0.15) is 0 Å². The van der Waals surface area contributed by atoms with Crippen LogP contribution < -0.4 is 5.73 Å². The number of hydrogen-bond acceptors (Lipinski definition) is 1. The third-order valence-corrected chi connectivity index (χ3v) is 4.07. The van der Waals surface area contributed by atoms with Gasteiger partial charge in [-0.3, -0.25) is 0 Å². The fraction of sp³-hybridized carbons (Fsp3) is 1.00. The predicted octanol–water partition coefficient (Wildman–Crippen LogP) is 4.14. The molecule has 0 aromatic rings. The van der Waals surface area contributed by atoms with Gasteiger partial charge in [-0.25, -0.2) is 0 Å². The second-order valence-electron chi connectivity index (χ2n) is 4.57. The first-order valence-electron chi connectivity index (χ1n) is 5.94. The zero-order chi connectivity index (χ0) is 11.0. The van der Waals surface area contributed by atoms with Crippen LogP contribution in [0.4, 0.5) is 0 Å². The molecule has 0 amide bonds. The molecule has 0 aliphatic heterocycles. The molecule has 0 saturated heterocycles. The SMILES string of the molecule is CCCC(C)(I)CCCC(CC)CN. The van der Waals surface area contributed by atoms with Gasteiger partial charge in [-0.15, -0.1) is 0 Å². The highest BCUT2D eigenvalue weighted by molar-refractivity contribution is 14.1. The maximum atomic E-state index is 5.69. The van der Waals surface area contributed by atoms with E-state index >= 15 is 0 Å². The van der Waals surface area contributed by atoms with E-state index in [2.05, 4.69) is 43.4 Å². The molecule has 0 spiro atoms. The summed E-state index contributed by atoms with van der Waals surface area (Å²) in [4.78, 5) is 0. The summed E-state index contributed by atoms with van der Waals surface area (Å²) in [6, 6.07) is 0. The number of alkyl halides is 1. The molecule has 0 saturated carbocycles. The molecule has 0 aliphatic rings. The second kappa shape index (κ2) is 7.91. The van der Waals surface area contributed by atoms with Crippen molar-refractivity contribution in [3.05, 3.63) is 0 Å². The number of hydrogen-bond donors (Lipinski definition) is 1. The molecule has 2 N–H and O–H groups in total. The molecule has 0 bridgehead atoms. The Morgan fingerprint density at radius 2 is 1.93 bits per heavy atom. The van der Waals surface area contributed by atoms with Gasteiger partial charge in [-0.05, 0) is 31.7 Å². The normalized spacial score (nSPS) is 17.8. The average molecular weight is 311 g/mol. The number of nitrogens with two attached hydrogens (primary N) is 1. The Hall–Kier alpha value is 0.690. The Labute approximate surface area is 103 Å². The molecule has 2 heteroatoms. The first-order valence-corrected chi connectivity index (χ1v) is 7.02. The minimum Gasteiger partial charge on any atom is -0.330 e. The summed E-state index contributed by atoms with van der Waals surface area (Å²) in [7, 11) is 0. The molecule has 0 aromatic heterocycles. The van der Waals surface area contributed by atoms with Crippen molar-refractivity contribution < 1.29 is 0 Å². The van der Waals surface area contributed by atoms with E-state index in [1.165, 1.54) is 38.5 Å². The lowest BCUT2D eigenvalue weighted by molar-refractivity contribution is 0.430. The highest BCUT2D eigenvalue weighted by Crippen LogP contribution is 2.30. The van der Waals surface area contributed by atoms with Crippen molar-refractivity contribution in [2.75, 3.05) is 6.54 Å². The van der Waals surface area contributed by atoms with E-state index in [1.54, 1.807) is 0 Å². The Bertz CT molecular complexity index is 130. The molecule has 0 aliphatic carbocycles. The first kappa shape index (κ1) is 14.7. The third-order valence-electron chi connectivity index (χ3n) is 2.99. The quantitative estimate of drug-likeness (QED) is 0.529. The summed E-state index contributed by atoms with van der Waals surface area (Å²) in [6.07, 6.45) is 7.88. The fourth-order valence-corrected chi connectivity index (χ4v) is 2.82. The van der Waals surface area contributed by atoms with Crippen LogP contribution in [0, 0.1) is 5.92 Å². The maximum Gasteiger partial charge on any atom is 0.0194 e. The summed E-state index contributed by atoms with van der Waals surface area (Å²) in [5.41, 5.74) is 5.69. The van der Waals surface area contributed by atoms with E-state index in [4.69, 9.17) is 5.73 Å². The minimum atomic E-state index is 0.513. The molecule has 2 atom stereocenters. The van der Waals surface area contributed by atoms with Crippen LogP contribution in [-0.2, 0) is 0 Å². The Morgan fingerprint density at radius 1 is 1.29 bits per heavy atom. The minimum absolute atomic E-state index is 0.513. The zero-order valence-corrected chi connectivity index (χ0v) is 12.1. The molecule has 0 heterocycles. The third kappa shape index (κ3) is 7.04. The van der Waals surface area contributed by atoms with E-state index in [0.717, 1.165) is 12.5 Å². The summed E-state index contributed by atoms with van der Waals surface area (Å²) in [5.74, 6) is 0.754. The van der Waals surface area contributed by atoms with Crippen LogP contribution in [0.25, 0.3) is 0 Å². The maximum absolute atomic E-state index is 5.69. The summed E-state index contributed by atoms with van der Waals surface area (Å²) in [5, 5.41) is 0. The fourth-order valence-electron chi connectivity index (χ4n) is 1.89. The van der Waals surface area contributed by atoms with Crippen LogP contribution in [0.5, 0.6) is 0 Å². The highest BCUT2D eigenvalue weighted by Gasteiger charge is 2.18. The second-order valence-corrected chi connectivity index (χ2v) is 7.17. The molecule has 0 radical (unpaired) electrons. The van der Waals surface area contributed by atoms with Crippen molar-refractivity contribution in [2.45, 2.75) is 62.7 Å². The van der Waals surface area contributed by atoms with Crippen molar-refractivity contribution in [1.82, 2.24) is 0 Å². The summed E-state index contributed by atoms with van der Waals surface area (Å²) >= 11 is 2.62. The largest absolute Gasteiger partial charge is 0.330 e. The molecule has 0 aromatic carbocycles. The van der Waals surface area contributed by atoms with Crippen molar-refractivity contribution >= 4 is 22.6 Å². The van der Waals surface area contributed by atoms with Crippen molar-refractivity contribution in [1.29, 1.82) is 0 Å². The Morgan fingerprint density at radius 3 is 2.36 bits per heavy atom. The van der Waals surface area contributed by atoms with Gasteiger partial charge in [0.15, 0.2) is 0 Å². The van der Waals surface area contributed by atoms with Gasteiger partial charge in [0.25, 0.3) is 0 Å². The zero-order valence-electron chi connectivity index (χ0n) is 9.98. The average Bonchev–Trinajstić information content (AvgIpc) is 2.12. The summed E-state index contributed by atoms with van der Waals surface area (Å²) < 4.78 is 0.513. The van der Waals surface area contributed by atoms with Crippen LogP contribution in [0.3, 0.4) is 0 Å². The molecule has 1 nitrogen and oxygen atoms in total. The van der Waals surface area contributed by atoms with Crippen LogP contribution in [-0.4, -0.2) is 9.97 Å². The van der Waals surface area contributed by atoms with Gasteiger partial charge in [-0.1, -0.05) is 62.6 Å². The molecule has 0 fully saturated rings. The standard InChI is InChI=1S/C12H26IN/c1-4-8-12(3,13)9-6-7-11(5-2)10-14/h11H,4-10,14H2,1-3H3. The molecule has 14 heavy (non-hydrogen) atoms. The van der Waals surface area contributed by atoms with Gasteiger partial charge in [0.2, 0.25) is 0 Å². The van der Waals surface area contributed by atoms with E-state index in [9.17, 15) is 0 Å².